The van der Waals surface area contributed by atoms with Gasteiger partial charge in [-0.1, -0.05) is 108 Å². The van der Waals surface area contributed by atoms with Gasteiger partial charge in [-0.2, -0.15) is 4.89 Å². The topological polar surface area (TPSA) is 132 Å². The van der Waals surface area contributed by atoms with Crippen molar-refractivity contribution >= 4 is 41.4 Å². The summed E-state index contributed by atoms with van der Waals surface area (Å²) in [5.74, 6) is 1.32. The van der Waals surface area contributed by atoms with E-state index in [2.05, 4.69) is 68.4 Å². The number of aliphatic imine (C=N–C) groups is 1. The second-order valence-electron chi connectivity index (χ2n) is 15.2. The molecule has 0 radical (unpaired) electrons. The number of rotatable bonds is 13. The van der Waals surface area contributed by atoms with Crippen LogP contribution in [0.3, 0.4) is 0 Å². The lowest BCUT2D eigenvalue weighted by Gasteiger charge is -2.32. The quantitative estimate of drug-likeness (QED) is 0.0513. The van der Waals surface area contributed by atoms with E-state index in [1.54, 1.807) is 12.1 Å². The molecule has 2 fully saturated rings. The highest BCUT2D eigenvalue weighted by molar-refractivity contribution is 6.32. The number of aromatic nitrogens is 4. The predicted molar refractivity (Wildman–Crippen MR) is 233 cm³/mol. The lowest BCUT2D eigenvalue weighted by molar-refractivity contribution is -0.188. The van der Waals surface area contributed by atoms with Crippen LogP contribution in [0.25, 0.3) is 33.6 Å². The van der Waals surface area contributed by atoms with Gasteiger partial charge in [0.1, 0.15) is 17.7 Å². The first kappa shape index (κ1) is 41.0. The molecule has 2 N–H and O–H groups in total. The van der Waals surface area contributed by atoms with E-state index in [4.69, 9.17) is 38.1 Å². The fourth-order valence-electron chi connectivity index (χ4n) is 8.37. The summed E-state index contributed by atoms with van der Waals surface area (Å²) >= 11 is 13.1. The van der Waals surface area contributed by atoms with Gasteiger partial charge in [0, 0.05) is 28.7 Å². The molecule has 6 aromatic rings. The Balaban J connectivity index is 0.934. The van der Waals surface area contributed by atoms with Crippen LogP contribution in [0.1, 0.15) is 72.6 Å². The number of nitrogens with one attached hydrogen (secondary N) is 2. The summed E-state index contributed by atoms with van der Waals surface area (Å²) in [4.78, 5) is 64.1. The minimum absolute atomic E-state index is 0.0177. The van der Waals surface area contributed by atoms with Crippen molar-refractivity contribution in [3.05, 3.63) is 142 Å². The Morgan fingerprint density at radius 3 is 1.67 bits per heavy atom. The van der Waals surface area contributed by atoms with Crippen LogP contribution < -0.4 is 0 Å². The van der Waals surface area contributed by atoms with Gasteiger partial charge in [0.2, 0.25) is 12.3 Å². The van der Waals surface area contributed by atoms with Crippen LogP contribution in [0.15, 0.2) is 114 Å². The van der Waals surface area contributed by atoms with Crippen molar-refractivity contribution in [3.63, 3.8) is 0 Å². The maximum Gasteiger partial charge on any atom is 0.252 e. The van der Waals surface area contributed by atoms with Gasteiger partial charge in [-0.05, 0) is 79.7 Å². The van der Waals surface area contributed by atoms with Crippen molar-refractivity contribution in [1.82, 2.24) is 34.6 Å². The summed E-state index contributed by atoms with van der Waals surface area (Å²) in [5, 5.41) is 1.02. The minimum atomic E-state index is -0.898. The molecule has 0 spiro atoms. The maximum atomic E-state index is 14.0. The van der Waals surface area contributed by atoms with E-state index in [1.165, 1.54) is 7.11 Å². The van der Waals surface area contributed by atoms with Gasteiger partial charge < -0.3 is 24.7 Å². The molecular weight excluding hydrogens is 799 g/mol. The Morgan fingerprint density at radius 1 is 0.717 bits per heavy atom. The van der Waals surface area contributed by atoms with E-state index in [-0.39, 0.29) is 23.9 Å². The SMILES string of the molecule is COOC=N[C@@H](C(=O)N1CCC[C@H]1c1ncc(-c2ccc(-c3ccc(-c4cnc([C@@H]5CCCN5C(=O)[C@@H](c5ccccc5Cl)N(C)C)[nH]4)cc3)cc2)[nH]1)c1ccccc1Cl. The highest BCUT2D eigenvalue weighted by Gasteiger charge is 2.39. The molecule has 8 rings (SSSR count). The van der Waals surface area contributed by atoms with Gasteiger partial charge in [0.25, 0.3) is 5.91 Å². The number of H-pyrrole nitrogens is 2. The van der Waals surface area contributed by atoms with Crippen molar-refractivity contribution in [2.45, 2.75) is 49.9 Å². The monoisotopic (exact) mass is 844 g/mol. The summed E-state index contributed by atoms with van der Waals surface area (Å²) in [5.41, 5.74) is 7.27. The Hall–Kier alpha value is -5.79. The van der Waals surface area contributed by atoms with Crippen molar-refractivity contribution in [2.75, 3.05) is 34.3 Å². The molecule has 308 valence electrons. The lowest BCUT2D eigenvalue weighted by atomic mass is 10.0. The van der Waals surface area contributed by atoms with E-state index in [1.807, 2.05) is 77.6 Å². The summed E-state index contributed by atoms with van der Waals surface area (Å²) in [6, 6.07) is 29.6. The van der Waals surface area contributed by atoms with Gasteiger partial charge in [-0.15, -0.1) is 0 Å². The van der Waals surface area contributed by atoms with Gasteiger partial charge in [0.15, 0.2) is 6.04 Å². The summed E-state index contributed by atoms with van der Waals surface area (Å²) in [6.45, 7) is 1.23. The number of aromatic amines is 2. The average molecular weight is 846 g/mol. The number of carbonyl (C=O) groups excluding carboxylic acids is 2. The number of nitrogens with zero attached hydrogens (tertiary/aromatic N) is 6. The smallest absolute Gasteiger partial charge is 0.252 e. The van der Waals surface area contributed by atoms with E-state index in [0.29, 0.717) is 28.7 Å². The zero-order chi connectivity index (χ0) is 41.8. The number of likely N-dealkylation sites (tertiary alicyclic amines) is 2. The van der Waals surface area contributed by atoms with Crippen LogP contribution >= 0.6 is 23.2 Å². The molecule has 2 aromatic heterocycles. The average Bonchev–Trinajstić information content (AvgIpc) is 4.11. The molecule has 0 saturated carbocycles. The van der Waals surface area contributed by atoms with Crippen molar-refractivity contribution < 1.29 is 19.4 Å². The zero-order valence-corrected chi connectivity index (χ0v) is 35.1. The molecule has 4 heterocycles. The number of amides is 2. The summed E-state index contributed by atoms with van der Waals surface area (Å²) < 4.78 is 0. The molecular formula is C46H46Cl2N8O4. The van der Waals surface area contributed by atoms with Gasteiger partial charge >= 0.3 is 0 Å². The van der Waals surface area contributed by atoms with Crippen LogP contribution in [0.5, 0.6) is 0 Å². The third-order valence-corrected chi connectivity index (χ3v) is 12.0. The molecule has 2 aliphatic rings. The second-order valence-corrected chi connectivity index (χ2v) is 16.0. The largest absolute Gasteiger partial charge is 0.340 e. The number of carbonyl (C=O) groups is 2. The molecule has 2 saturated heterocycles. The summed E-state index contributed by atoms with van der Waals surface area (Å²) in [6.07, 6.45) is 8.11. The third kappa shape index (κ3) is 8.46. The van der Waals surface area contributed by atoms with Crippen LogP contribution in [0, 0.1) is 0 Å². The fourth-order valence-corrected chi connectivity index (χ4v) is 8.84. The molecule has 0 bridgehead atoms. The van der Waals surface area contributed by atoms with E-state index in [9.17, 15) is 9.59 Å². The van der Waals surface area contributed by atoms with Crippen molar-refractivity contribution in [2.24, 2.45) is 4.99 Å². The molecule has 4 atom stereocenters. The number of benzene rings is 4. The maximum absolute atomic E-state index is 14.0. The van der Waals surface area contributed by atoms with Crippen LogP contribution in [0.2, 0.25) is 10.0 Å². The predicted octanol–water partition coefficient (Wildman–Crippen LogP) is 9.42. The Bertz CT molecular complexity index is 2470. The van der Waals surface area contributed by atoms with Crippen LogP contribution in [-0.2, 0) is 19.4 Å². The Morgan fingerprint density at radius 2 is 1.18 bits per heavy atom. The molecule has 0 unspecified atom stereocenters. The number of hydrogen-bond donors (Lipinski definition) is 2. The summed E-state index contributed by atoms with van der Waals surface area (Å²) in [7, 11) is 5.18. The number of imidazole rings is 2. The normalized spacial score (nSPS) is 17.8. The second kappa shape index (κ2) is 18.2. The molecule has 2 amide bonds. The third-order valence-electron chi connectivity index (χ3n) is 11.4. The minimum Gasteiger partial charge on any atom is -0.340 e. The standard InChI is InChI=1S/C46H46Cl2N8O4/c1-54(2)42(34-11-5-7-13-36(34)48)46(58)56-25-9-15-40(56)44-50-27-38(53-44)32-22-18-30(19-23-32)29-16-20-31(21-17-29)37-26-49-43(52-37)39-14-8-24-55(39)45(57)41(51-28-60-59-3)33-10-4-6-12-35(33)47/h4-7,10-13,16-23,26-28,39-42H,8-9,14-15,24-25H2,1-3H3,(H,49,52)(H,50,53)/t39-,40-,41+,42+/m0/s1. The van der Waals surface area contributed by atoms with Crippen LogP contribution in [0.4, 0.5) is 0 Å². The van der Waals surface area contributed by atoms with Gasteiger partial charge in [-0.3, -0.25) is 14.5 Å². The number of halogens is 2. The first-order chi connectivity index (χ1) is 29.2. The first-order valence-electron chi connectivity index (χ1n) is 20.0. The zero-order valence-electron chi connectivity index (χ0n) is 33.6. The van der Waals surface area contributed by atoms with E-state index in [0.717, 1.165) is 82.9 Å². The Labute approximate surface area is 359 Å². The van der Waals surface area contributed by atoms with Crippen molar-refractivity contribution in [3.8, 4) is 33.6 Å². The molecule has 12 nitrogen and oxygen atoms in total. The fraction of sp³-hybridized carbons (Fsp3) is 0.283. The van der Waals surface area contributed by atoms with Gasteiger partial charge in [-0.25, -0.2) is 15.0 Å². The lowest BCUT2D eigenvalue weighted by Crippen LogP contribution is -2.40. The number of likely N-dealkylation sites (N-methyl/N-ethyl adjacent to an activating group) is 1. The molecule has 2 aliphatic heterocycles. The molecule has 60 heavy (non-hydrogen) atoms. The van der Waals surface area contributed by atoms with Gasteiger partial charge in [0.05, 0.1) is 43.0 Å². The molecule has 0 aliphatic carbocycles. The van der Waals surface area contributed by atoms with Crippen molar-refractivity contribution in [1.29, 1.82) is 0 Å². The highest BCUT2D eigenvalue weighted by Crippen LogP contribution is 2.38. The molecule has 4 aromatic carbocycles. The van der Waals surface area contributed by atoms with Crippen LogP contribution in [-0.4, -0.2) is 87.1 Å². The van der Waals surface area contributed by atoms with E-state index < -0.39 is 12.1 Å². The first-order valence-corrected chi connectivity index (χ1v) is 20.8. The molecule has 14 heteroatoms. The van der Waals surface area contributed by atoms with E-state index >= 15 is 0 Å². The Kier molecular flexibility index (Phi) is 12.4. The highest BCUT2D eigenvalue weighted by atomic mass is 35.5. The number of hydrogen-bond acceptors (Lipinski definition) is 8.